The fraction of sp³-hybridized carbons (Fsp3) is 0.429. The Bertz CT molecular complexity index is 889. The van der Waals surface area contributed by atoms with Gasteiger partial charge in [0, 0.05) is 38.3 Å². The third-order valence-electron chi connectivity index (χ3n) is 5.50. The van der Waals surface area contributed by atoms with E-state index in [0.29, 0.717) is 24.7 Å². The molecule has 2 aliphatic rings. The van der Waals surface area contributed by atoms with Crippen LogP contribution < -0.4 is 15.1 Å². The molecule has 0 bridgehead atoms. The highest BCUT2D eigenvalue weighted by molar-refractivity contribution is 6.29. The number of piperidine rings is 1. The lowest BCUT2D eigenvalue weighted by Crippen LogP contribution is -2.43. The van der Waals surface area contributed by atoms with Gasteiger partial charge in [-0.3, -0.25) is 9.59 Å². The molecule has 3 heterocycles. The largest absolute Gasteiger partial charge is 0.354 e. The predicted molar refractivity (Wildman–Crippen MR) is 112 cm³/mol. The molecule has 1 N–H and O–H groups in total. The van der Waals surface area contributed by atoms with Gasteiger partial charge < -0.3 is 15.1 Å². The number of benzene rings is 1. The molecule has 1 unspecified atom stereocenters. The topological polar surface area (TPSA) is 78.4 Å². The van der Waals surface area contributed by atoms with E-state index in [9.17, 15) is 9.59 Å². The summed E-state index contributed by atoms with van der Waals surface area (Å²) >= 11 is 5.81. The van der Waals surface area contributed by atoms with Crippen molar-refractivity contribution >= 4 is 34.9 Å². The molecule has 7 nitrogen and oxygen atoms in total. The number of carbonyl (C=O) groups is 2. The van der Waals surface area contributed by atoms with Crippen molar-refractivity contribution in [1.29, 1.82) is 0 Å². The second-order valence-corrected chi connectivity index (χ2v) is 7.92. The lowest BCUT2D eigenvalue weighted by Gasteiger charge is -2.32. The van der Waals surface area contributed by atoms with Gasteiger partial charge in [0.15, 0.2) is 11.0 Å². The van der Waals surface area contributed by atoms with Crippen LogP contribution in [0, 0.1) is 5.92 Å². The summed E-state index contributed by atoms with van der Waals surface area (Å²) < 4.78 is 0. The molecule has 0 radical (unpaired) electrons. The summed E-state index contributed by atoms with van der Waals surface area (Å²) in [6, 6.07) is 11.4. The van der Waals surface area contributed by atoms with Crippen LogP contribution in [-0.2, 0) is 16.1 Å². The highest BCUT2D eigenvalue weighted by atomic mass is 35.5. The summed E-state index contributed by atoms with van der Waals surface area (Å²) in [4.78, 5) is 28.6. The average molecular weight is 414 g/mol. The molecular weight excluding hydrogens is 390 g/mol. The number of halogens is 1. The third kappa shape index (κ3) is 4.67. The number of amides is 2. The van der Waals surface area contributed by atoms with Crippen LogP contribution in [-0.4, -0.2) is 41.6 Å². The van der Waals surface area contributed by atoms with Gasteiger partial charge in [0.25, 0.3) is 0 Å². The first-order valence-electron chi connectivity index (χ1n) is 10.0. The minimum Gasteiger partial charge on any atom is -0.354 e. The lowest BCUT2D eigenvalue weighted by atomic mass is 9.97. The maximum Gasteiger partial charge on any atom is 0.227 e. The Labute approximate surface area is 175 Å². The Morgan fingerprint density at radius 1 is 1.17 bits per heavy atom. The minimum atomic E-state index is -0.0930. The summed E-state index contributed by atoms with van der Waals surface area (Å²) in [5.41, 5.74) is 1.90. The van der Waals surface area contributed by atoms with Gasteiger partial charge in [0.05, 0.1) is 5.92 Å². The summed E-state index contributed by atoms with van der Waals surface area (Å²) in [5.74, 6) is 0.859. The van der Waals surface area contributed by atoms with E-state index >= 15 is 0 Å². The zero-order valence-electron chi connectivity index (χ0n) is 16.2. The van der Waals surface area contributed by atoms with Gasteiger partial charge in [-0.1, -0.05) is 23.7 Å². The lowest BCUT2D eigenvalue weighted by molar-refractivity contribution is -0.125. The van der Waals surface area contributed by atoms with E-state index in [4.69, 9.17) is 11.6 Å². The molecule has 4 rings (SSSR count). The first-order chi connectivity index (χ1) is 14.1. The monoisotopic (exact) mass is 413 g/mol. The van der Waals surface area contributed by atoms with Crippen molar-refractivity contribution in [2.75, 3.05) is 29.4 Å². The van der Waals surface area contributed by atoms with Gasteiger partial charge in [-0.2, -0.15) is 0 Å². The van der Waals surface area contributed by atoms with Crippen molar-refractivity contribution < 1.29 is 9.59 Å². The molecule has 152 valence electrons. The second kappa shape index (κ2) is 8.78. The molecule has 0 saturated carbocycles. The smallest absolute Gasteiger partial charge is 0.227 e. The standard InChI is InChI=1S/C21H24ClN5O2/c22-18-8-9-19(25-24-18)26-10-2-5-16(14-26)21(29)23-13-15-4-1-6-17(12-15)27-11-3-7-20(27)28/h1,4,6,8-9,12,16H,2-3,5,7,10-11,13-14H2,(H,23,29). The minimum absolute atomic E-state index is 0.0410. The zero-order valence-corrected chi connectivity index (χ0v) is 16.9. The molecule has 29 heavy (non-hydrogen) atoms. The number of nitrogens with one attached hydrogen (secondary N) is 1. The first kappa shape index (κ1) is 19.6. The highest BCUT2D eigenvalue weighted by Crippen LogP contribution is 2.24. The number of aromatic nitrogens is 2. The van der Waals surface area contributed by atoms with E-state index in [1.165, 1.54) is 0 Å². The summed E-state index contributed by atoms with van der Waals surface area (Å²) in [6.07, 6.45) is 3.29. The number of rotatable bonds is 5. The number of hydrogen-bond acceptors (Lipinski definition) is 5. The number of anilines is 2. The molecule has 8 heteroatoms. The second-order valence-electron chi connectivity index (χ2n) is 7.54. The molecule has 2 aromatic rings. The van der Waals surface area contributed by atoms with Crippen LogP contribution in [0.2, 0.25) is 5.15 Å². The molecule has 0 aliphatic carbocycles. The van der Waals surface area contributed by atoms with Crippen LogP contribution in [0.25, 0.3) is 0 Å². The predicted octanol–water partition coefficient (Wildman–Crippen LogP) is 2.79. The number of hydrogen-bond donors (Lipinski definition) is 1. The molecule has 1 atom stereocenters. The quantitative estimate of drug-likeness (QED) is 0.815. The molecule has 1 aromatic heterocycles. The van der Waals surface area contributed by atoms with Gasteiger partial charge in [-0.05, 0) is 49.1 Å². The van der Waals surface area contributed by atoms with Crippen LogP contribution in [0.1, 0.15) is 31.2 Å². The fourth-order valence-electron chi connectivity index (χ4n) is 3.97. The number of nitrogens with zero attached hydrogens (tertiary/aromatic N) is 4. The van der Waals surface area contributed by atoms with E-state index in [-0.39, 0.29) is 17.7 Å². The van der Waals surface area contributed by atoms with Crippen molar-refractivity contribution in [1.82, 2.24) is 15.5 Å². The van der Waals surface area contributed by atoms with Crippen LogP contribution >= 0.6 is 11.6 Å². The Balaban J connectivity index is 1.34. The molecule has 2 saturated heterocycles. The fourth-order valence-corrected chi connectivity index (χ4v) is 4.07. The maximum absolute atomic E-state index is 12.7. The van der Waals surface area contributed by atoms with Crippen LogP contribution in [0.5, 0.6) is 0 Å². The first-order valence-corrected chi connectivity index (χ1v) is 10.4. The summed E-state index contributed by atoms with van der Waals surface area (Å²) in [7, 11) is 0. The van der Waals surface area contributed by atoms with E-state index < -0.39 is 0 Å². The van der Waals surface area contributed by atoms with Crippen LogP contribution in [0.3, 0.4) is 0 Å². The molecule has 2 fully saturated rings. The van der Waals surface area contributed by atoms with Crippen molar-refractivity contribution in [2.24, 2.45) is 5.92 Å². The zero-order chi connectivity index (χ0) is 20.2. The molecule has 1 aromatic carbocycles. The summed E-state index contributed by atoms with van der Waals surface area (Å²) in [6.45, 7) is 2.68. The molecule has 2 amide bonds. The van der Waals surface area contributed by atoms with E-state index in [1.54, 1.807) is 6.07 Å². The van der Waals surface area contributed by atoms with Crippen molar-refractivity contribution in [3.05, 3.63) is 47.1 Å². The SMILES string of the molecule is O=C(NCc1cccc(N2CCCC2=O)c1)C1CCCN(c2ccc(Cl)nn2)C1. The Hall–Kier alpha value is -2.67. The normalized spacial score (nSPS) is 19.5. The molecular formula is C21H24ClN5O2. The van der Waals surface area contributed by atoms with Crippen LogP contribution in [0.15, 0.2) is 36.4 Å². The van der Waals surface area contributed by atoms with Crippen LogP contribution in [0.4, 0.5) is 11.5 Å². The maximum atomic E-state index is 12.7. The van der Waals surface area contributed by atoms with Crippen molar-refractivity contribution in [2.45, 2.75) is 32.2 Å². The Morgan fingerprint density at radius 2 is 2.07 bits per heavy atom. The molecule has 0 spiro atoms. The Kier molecular flexibility index (Phi) is 5.94. The third-order valence-corrected chi connectivity index (χ3v) is 5.70. The highest BCUT2D eigenvalue weighted by Gasteiger charge is 2.27. The van der Waals surface area contributed by atoms with Gasteiger partial charge in [-0.25, -0.2) is 0 Å². The van der Waals surface area contributed by atoms with Crippen molar-refractivity contribution in [3.8, 4) is 0 Å². The number of carbonyl (C=O) groups excluding carboxylic acids is 2. The van der Waals surface area contributed by atoms with E-state index in [0.717, 1.165) is 49.4 Å². The van der Waals surface area contributed by atoms with Gasteiger partial charge in [0.1, 0.15) is 0 Å². The van der Waals surface area contributed by atoms with Gasteiger partial charge in [-0.15, -0.1) is 10.2 Å². The molecule has 2 aliphatic heterocycles. The van der Waals surface area contributed by atoms with E-state index in [2.05, 4.69) is 20.4 Å². The van der Waals surface area contributed by atoms with Gasteiger partial charge in [0.2, 0.25) is 11.8 Å². The Morgan fingerprint density at radius 3 is 2.83 bits per heavy atom. The average Bonchev–Trinajstić information content (AvgIpc) is 3.19. The van der Waals surface area contributed by atoms with Crippen molar-refractivity contribution in [3.63, 3.8) is 0 Å². The van der Waals surface area contributed by atoms with E-state index in [1.807, 2.05) is 35.2 Å². The van der Waals surface area contributed by atoms with Gasteiger partial charge >= 0.3 is 0 Å². The summed E-state index contributed by atoms with van der Waals surface area (Å²) in [5, 5.41) is 11.4.